The van der Waals surface area contributed by atoms with E-state index in [9.17, 15) is 14.4 Å². The zero-order valence-corrected chi connectivity index (χ0v) is 13.7. The maximum atomic E-state index is 11.4. The van der Waals surface area contributed by atoms with Crippen LogP contribution in [-0.4, -0.2) is 54.8 Å². The lowest BCUT2D eigenvalue weighted by Gasteiger charge is -2.34. The number of hydrogen-bond acceptors (Lipinski definition) is 9. The van der Waals surface area contributed by atoms with Crippen molar-refractivity contribution < 1.29 is 38.4 Å². The van der Waals surface area contributed by atoms with E-state index in [2.05, 4.69) is 4.99 Å². The molecule has 0 radical (unpaired) electrons. The molecule has 0 bridgehead atoms. The number of hydrogen-bond donors (Lipinski definition) is 0. The fourth-order valence-corrected chi connectivity index (χ4v) is 2.07. The smallest absolute Gasteiger partial charge is 0.303 e. The Morgan fingerprint density at radius 2 is 1.61 bits per heavy atom. The first-order valence-electron chi connectivity index (χ1n) is 7.06. The second-order valence-corrected chi connectivity index (χ2v) is 5.06. The molecule has 9 nitrogen and oxygen atoms in total. The molecule has 0 saturated heterocycles. The lowest BCUT2D eigenvalue weighted by Crippen LogP contribution is -2.52. The quantitative estimate of drug-likeness (QED) is 0.417. The number of rotatable bonds is 4. The Kier molecular flexibility index (Phi) is 6.95. The lowest BCUT2D eigenvalue weighted by molar-refractivity contribution is -0.300. The summed E-state index contributed by atoms with van der Waals surface area (Å²) in [6.45, 7) is 6.63. The first kappa shape index (κ1) is 18.9. The molecule has 0 N–H and O–H groups in total. The van der Waals surface area contributed by atoms with Crippen LogP contribution in [0.1, 0.15) is 34.6 Å². The molecule has 2 unspecified atom stereocenters. The Morgan fingerprint density at radius 1 is 1.04 bits per heavy atom. The van der Waals surface area contributed by atoms with Crippen LogP contribution in [0, 0.1) is 0 Å². The van der Waals surface area contributed by atoms with Crippen LogP contribution in [0.3, 0.4) is 0 Å². The number of carbonyl (C=O) groups excluding carboxylic acids is 3. The summed E-state index contributed by atoms with van der Waals surface area (Å²) in [5, 5.41) is 0. The molecule has 9 heteroatoms. The van der Waals surface area contributed by atoms with Gasteiger partial charge in [-0.25, -0.2) is 4.99 Å². The Morgan fingerprint density at radius 3 is 2.13 bits per heavy atom. The van der Waals surface area contributed by atoms with Crippen LogP contribution in [0.5, 0.6) is 0 Å². The molecule has 0 aromatic rings. The van der Waals surface area contributed by atoms with Crippen LogP contribution >= 0.6 is 0 Å². The lowest BCUT2D eigenvalue weighted by atomic mass is 10.0. The van der Waals surface area contributed by atoms with Crippen molar-refractivity contribution >= 4 is 23.8 Å². The summed E-state index contributed by atoms with van der Waals surface area (Å²) in [5.74, 6) is -1.53. The Bertz CT molecular complexity index is 489. The van der Waals surface area contributed by atoms with Crippen LogP contribution in [0.15, 0.2) is 4.99 Å². The standard InChI is InChI=1S/C14H21NO8/c1-7-13(20-10(4)17)14(21-11(5)18)12(6-19-9(3)16)23-22-8(2)15-7/h7,12-14H,6H2,1-5H3/b15-8-/t7-,12?,13?,14+/m1/s1. The molecular formula is C14H21NO8. The van der Waals surface area contributed by atoms with Crippen LogP contribution in [0.25, 0.3) is 0 Å². The van der Waals surface area contributed by atoms with Crippen molar-refractivity contribution in [2.75, 3.05) is 6.61 Å². The summed E-state index contributed by atoms with van der Waals surface area (Å²) in [7, 11) is 0. The van der Waals surface area contributed by atoms with Gasteiger partial charge in [0.2, 0.25) is 5.90 Å². The van der Waals surface area contributed by atoms with Gasteiger partial charge < -0.3 is 19.1 Å². The fourth-order valence-electron chi connectivity index (χ4n) is 2.07. The minimum atomic E-state index is -1.05. The highest BCUT2D eigenvalue weighted by molar-refractivity contribution is 5.73. The van der Waals surface area contributed by atoms with Crippen molar-refractivity contribution in [3.05, 3.63) is 0 Å². The zero-order chi connectivity index (χ0) is 17.6. The van der Waals surface area contributed by atoms with Gasteiger partial charge in [0.05, 0.1) is 6.04 Å². The predicted octanol–water partition coefficient (Wildman–Crippen LogP) is 0.550. The van der Waals surface area contributed by atoms with Gasteiger partial charge >= 0.3 is 17.9 Å². The van der Waals surface area contributed by atoms with E-state index in [1.54, 1.807) is 13.8 Å². The minimum absolute atomic E-state index is 0.198. The second-order valence-electron chi connectivity index (χ2n) is 5.06. The summed E-state index contributed by atoms with van der Waals surface area (Å²) in [5.41, 5.74) is 0. The summed E-state index contributed by atoms with van der Waals surface area (Å²) in [6, 6.07) is -0.563. The van der Waals surface area contributed by atoms with E-state index in [0.29, 0.717) is 0 Å². The summed E-state index contributed by atoms with van der Waals surface area (Å²) in [4.78, 5) is 48.1. The molecule has 0 amide bonds. The van der Waals surface area contributed by atoms with Gasteiger partial charge in [0.1, 0.15) is 6.61 Å². The molecular weight excluding hydrogens is 310 g/mol. The molecule has 0 aliphatic carbocycles. The van der Waals surface area contributed by atoms with Gasteiger partial charge in [0, 0.05) is 27.7 Å². The van der Waals surface area contributed by atoms with Gasteiger partial charge in [-0.3, -0.25) is 14.4 Å². The van der Waals surface area contributed by atoms with Crippen LogP contribution < -0.4 is 0 Å². The predicted molar refractivity (Wildman–Crippen MR) is 76.3 cm³/mol. The van der Waals surface area contributed by atoms with E-state index in [1.807, 2.05) is 0 Å². The molecule has 1 aliphatic rings. The number of esters is 3. The number of aliphatic imine (C=N–C) groups is 1. The topological polar surface area (TPSA) is 110 Å². The van der Waals surface area contributed by atoms with Gasteiger partial charge in [0.25, 0.3) is 0 Å². The number of carbonyl (C=O) groups is 3. The zero-order valence-electron chi connectivity index (χ0n) is 13.7. The van der Waals surface area contributed by atoms with Gasteiger partial charge in [-0.15, -0.1) is 0 Å². The van der Waals surface area contributed by atoms with Gasteiger partial charge in [-0.2, -0.15) is 4.89 Å². The number of nitrogens with zero attached hydrogens (tertiary/aromatic N) is 1. The summed E-state index contributed by atoms with van der Waals surface area (Å²) >= 11 is 0. The third-order valence-electron chi connectivity index (χ3n) is 2.90. The van der Waals surface area contributed by atoms with Crippen molar-refractivity contribution in [1.82, 2.24) is 0 Å². The number of ether oxygens (including phenoxy) is 3. The van der Waals surface area contributed by atoms with E-state index in [4.69, 9.17) is 24.0 Å². The van der Waals surface area contributed by atoms with Crippen molar-refractivity contribution in [2.24, 2.45) is 4.99 Å². The third kappa shape index (κ3) is 6.23. The van der Waals surface area contributed by atoms with Crippen molar-refractivity contribution in [1.29, 1.82) is 0 Å². The Labute approximate surface area is 133 Å². The molecule has 0 fully saturated rings. The molecule has 1 aliphatic heterocycles. The van der Waals surface area contributed by atoms with E-state index < -0.39 is 42.3 Å². The Hall–Kier alpha value is -2.16. The highest BCUT2D eigenvalue weighted by Gasteiger charge is 2.42. The maximum Gasteiger partial charge on any atom is 0.303 e. The summed E-state index contributed by atoms with van der Waals surface area (Å²) < 4.78 is 15.3. The normalized spacial score (nSPS) is 29.9. The molecule has 0 aromatic heterocycles. The van der Waals surface area contributed by atoms with Crippen LogP contribution in [0.4, 0.5) is 0 Å². The fraction of sp³-hybridized carbons (Fsp3) is 0.714. The third-order valence-corrected chi connectivity index (χ3v) is 2.90. The van der Waals surface area contributed by atoms with E-state index >= 15 is 0 Å². The van der Waals surface area contributed by atoms with Gasteiger partial charge in [-0.1, -0.05) is 0 Å². The first-order valence-corrected chi connectivity index (χ1v) is 7.06. The van der Waals surface area contributed by atoms with Crippen LogP contribution in [0.2, 0.25) is 0 Å². The monoisotopic (exact) mass is 331 g/mol. The molecule has 1 heterocycles. The van der Waals surface area contributed by atoms with E-state index in [1.165, 1.54) is 20.8 Å². The van der Waals surface area contributed by atoms with Crippen LogP contribution in [-0.2, 0) is 38.4 Å². The molecule has 23 heavy (non-hydrogen) atoms. The maximum absolute atomic E-state index is 11.4. The highest BCUT2D eigenvalue weighted by Crippen LogP contribution is 2.21. The van der Waals surface area contributed by atoms with E-state index in [-0.39, 0.29) is 12.5 Å². The molecule has 1 rings (SSSR count). The van der Waals surface area contributed by atoms with Crippen molar-refractivity contribution in [2.45, 2.75) is 59.0 Å². The van der Waals surface area contributed by atoms with Crippen molar-refractivity contribution in [3.8, 4) is 0 Å². The average Bonchev–Trinajstić information content (AvgIpc) is 2.41. The van der Waals surface area contributed by atoms with Gasteiger partial charge in [0.15, 0.2) is 18.3 Å². The molecule has 0 spiro atoms. The van der Waals surface area contributed by atoms with Crippen molar-refractivity contribution in [3.63, 3.8) is 0 Å². The molecule has 0 aromatic carbocycles. The first-order chi connectivity index (χ1) is 10.7. The molecule has 0 saturated carbocycles. The second kappa shape index (κ2) is 8.47. The largest absolute Gasteiger partial charge is 0.463 e. The van der Waals surface area contributed by atoms with E-state index in [0.717, 1.165) is 0 Å². The molecule has 4 atom stereocenters. The SMILES string of the molecule is CC(=O)OCC1OO/C(C)=N\[C@H](C)C(OC(C)=O)[C@H]1OC(C)=O. The van der Waals surface area contributed by atoms with Gasteiger partial charge in [-0.05, 0) is 6.92 Å². The Balaban J connectivity index is 3.12. The summed E-state index contributed by atoms with van der Waals surface area (Å²) in [6.07, 6.45) is -2.96. The molecule has 130 valence electrons. The minimum Gasteiger partial charge on any atom is -0.463 e. The average molecular weight is 331 g/mol. The highest BCUT2D eigenvalue weighted by atomic mass is 17.2.